The molecule has 0 fully saturated rings. The second-order valence-electron chi connectivity index (χ2n) is 2.00. The van der Waals surface area contributed by atoms with Gasteiger partial charge in [0.15, 0.2) is 0 Å². The predicted octanol–water partition coefficient (Wildman–Crippen LogP) is 3.52. The van der Waals surface area contributed by atoms with Crippen molar-refractivity contribution in [1.29, 1.82) is 0 Å². The predicted molar refractivity (Wildman–Crippen MR) is 45.8 cm³/mol. The van der Waals surface area contributed by atoms with Crippen LogP contribution in [0.4, 0.5) is 0 Å². The van der Waals surface area contributed by atoms with Crippen molar-refractivity contribution in [2.75, 3.05) is 6.61 Å². The van der Waals surface area contributed by atoms with Gasteiger partial charge in [-0.05, 0) is 6.42 Å². The minimum absolute atomic E-state index is 0.518. The van der Waals surface area contributed by atoms with E-state index in [0.717, 1.165) is 19.3 Å². The van der Waals surface area contributed by atoms with Gasteiger partial charge in [0.05, 0.1) is 6.61 Å². The molecule has 0 aliphatic carbocycles. The quantitative estimate of drug-likeness (QED) is 0.504. The van der Waals surface area contributed by atoms with Gasteiger partial charge in [0, 0.05) is 0 Å². The molecule has 4 heteroatoms. The van der Waals surface area contributed by atoms with Crippen LogP contribution in [0.1, 0.15) is 26.2 Å². The molecule has 0 heterocycles. The Morgan fingerprint density at radius 1 is 1.20 bits per heavy atom. The lowest BCUT2D eigenvalue weighted by molar-refractivity contribution is 0.126. The van der Waals surface area contributed by atoms with Crippen molar-refractivity contribution < 1.29 is 4.74 Å². The van der Waals surface area contributed by atoms with E-state index in [-0.39, 0.29) is 0 Å². The molecule has 0 saturated heterocycles. The van der Waals surface area contributed by atoms with Crippen LogP contribution in [0.2, 0.25) is 0 Å². The van der Waals surface area contributed by atoms with E-state index < -0.39 is 3.98 Å². The van der Waals surface area contributed by atoms with Crippen molar-refractivity contribution in [1.82, 2.24) is 0 Å². The standard InChI is InChI=1S/C6H11Cl3O/c1-2-3-4-5-10-6(7,8)9/h2-5H2,1H3. The SMILES string of the molecule is CCCCCOC(Cl)(Cl)Cl. The van der Waals surface area contributed by atoms with Gasteiger partial charge in [0.25, 0.3) is 3.98 Å². The second-order valence-corrected chi connectivity index (χ2v) is 4.18. The highest BCUT2D eigenvalue weighted by Gasteiger charge is 2.18. The molecule has 0 aromatic rings. The van der Waals surface area contributed by atoms with Gasteiger partial charge in [-0.25, -0.2) is 0 Å². The summed E-state index contributed by atoms with van der Waals surface area (Å²) in [7, 11) is 0. The number of halogens is 3. The average Bonchev–Trinajstić information content (AvgIpc) is 1.78. The molecule has 0 atom stereocenters. The number of hydrogen-bond donors (Lipinski definition) is 0. The molecule has 0 amide bonds. The summed E-state index contributed by atoms with van der Waals surface area (Å²) < 4.78 is 3.29. The molecule has 0 radical (unpaired) electrons. The Morgan fingerprint density at radius 2 is 1.80 bits per heavy atom. The largest absolute Gasteiger partial charge is 0.334 e. The molecule has 0 aromatic carbocycles. The Bertz CT molecular complexity index is 79.6. The van der Waals surface area contributed by atoms with Gasteiger partial charge in [-0.15, -0.1) is 0 Å². The molecule has 1 nitrogen and oxygen atoms in total. The van der Waals surface area contributed by atoms with E-state index in [1.54, 1.807) is 0 Å². The Hall–Kier alpha value is 0.830. The maximum absolute atomic E-state index is 5.32. The normalized spacial score (nSPS) is 12.0. The smallest absolute Gasteiger partial charge is 0.297 e. The van der Waals surface area contributed by atoms with E-state index in [2.05, 4.69) is 6.92 Å². The number of hydrogen-bond acceptors (Lipinski definition) is 1. The number of ether oxygens (including phenoxy) is 1. The first-order chi connectivity index (χ1) is 4.56. The van der Waals surface area contributed by atoms with Gasteiger partial charge in [0.1, 0.15) is 0 Å². The molecule has 0 bridgehead atoms. The molecule has 0 N–H and O–H groups in total. The maximum atomic E-state index is 5.32. The van der Waals surface area contributed by atoms with Gasteiger partial charge in [-0.3, -0.25) is 0 Å². The van der Waals surface area contributed by atoms with Crippen LogP contribution in [0.25, 0.3) is 0 Å². The minimum atomic E-state index is -1.53. The third-order valence-corrected chi connectivity index (χ3v) is 1.34. The van der Waals surface area contributed by atoms with Crippen LogP contribution in [0, 0.1) is 0 Å². The fourth-order valence-corrected chi connectivity index (χ4v) is 0.771. The zero-order chi connectivity index (χ0) is 8.04. The lowest BCUT2D eigenvalue weighted by atomic mass is 10.3. The molecular weight excluding hydrogens is 194 g/mol. The summed E-state index contributed by atoms with van der Waals surface area (Å²) in [6, 6.07) is 0. The van der Waals surface area contributed by atoms with Crippen molar-refractivity contribution in [3.63, 3.8) is 0 Å². The highest BCUT2D eigenvalue weighted by Crippen LogP contribution is 2.27. The van der Waals surface area contributed by atoms with Gasteiger partial charge >= 0.3 is 0 Å². The summed E-state index contributed by atoms with van der Waals surface area (Å²) in [6.45, 7) is 2.62. The molecular formula is C6H11Cl3O. The third kappa shape index (κ3) is 8.83. The van der Waals surface area contributed by atoms with Crippen LogP contribution in [-0.2, 0) is 4.74 Å². The van der Waals surface area contributed by atoms with Crippen molar-refractivity contribution >= 4 is 34.8 Å². The van der Waals surface area contributed by atoms with Gasteiger partial charge < -0.3 is 4.74 Å². The molecule has 0 saturated carbocycles. The zero-order valence-electron chi connectivity index (χ0n) is 5.87. The molecule has 0 aliphatic rings. The number of alkyl halides is 3. The fourth-order valence-electron chi connectivity index (χ4n) is 0.540. The second kappa shape index (κ2) is 5.48. The summed E-state index contributed by atoms with van der Waals surface area (Å²) >= 11 is 16.0. The summed E-state index contributed by atoms with van der Waals surface area (Å²) in [6.07, 6.45) is 3.20. The highest BCUT2D eigenvalue weighted by molar-refractivity contribution is 6.66. The Kier molecular flexibility index (Phi) is 5.93. The zero-order valence-corrected chi connectivity index (χ0v) is 8.14. The van der Waals surface area contributed by atoms with Crippen LogP contribution < -0.4 is 0 Å². The van der Waals surface area contributed by atoms with Crippen molar-refractivity contribution in [3.8, 4) is 0 Å². The Balaban J connectivity index is 3.04. The van der Waals surface area contributed by atoms with Crippen LogP contribution in [0.3, 0.4) is 0 Å². The van der Waals surface area contributed by atoms with Gasteiger partial charge in [0.2, 0.25) is 0 Å². The number of unbranched alkanes of at least 4 members (excludes halogenated alkanes) is 2. The Labute approximate surface area is 76.6 Å². The van der Waals surface area contributed by atoms with Crippen molar-refractivity contribution in [3.05, 3.63) is 0 Å². The van der Waals surface area contributed by atoms with Gasteiger partial charge in [-0.2, -0.15) is 0 Å². The van der Waals surface area contributed by atoms with E-state index in [1.165, 1.54) is 0 Å². The van der Waals surface area contributed by atoms with E-state index >= 15 is 0 Å². The molecule has 0 unspecified atom stereocenters. The molecule has 0 spiro atoms. The van der Waals surface area contributed by atoms with E-state index in [1.807, 2.05) is 0 Å². The molecule has 0 rings (SSSR count). The summed E-state index contributed by atoms with van der Waals surface area (Å²) in [5.41, 5.74) is 0. The summed E-state index contributed by atoms with van der Waals surface area (Å²) in [4.78, 5) is 0. The lowest BCUT2D eigenvalue weighted by Crippen LogP contribution is -2.09. The lowest BCUT2D eigenvalue weighted by Gasteiger charge is -2.10. The monoisotopic (exact) mass is 204 g/mol. The summed E-state index contributed by atoms with van der Waals surface area (Å²) in [5, 5.41) is 0. The third-order valence-electron chi connectivity index (χ3n) is 1.01. The summed E-state index contributed by atoms with van der Waals surface area (Å²) in [5.74, 6) is 0. The van der Waals surface area contributed by atoms with Crippen LogP contribution >= 0.6 is 34.8 Å². The van der Waals surface area contributed by atoms with E-state index in [9.17, 15) is 0 Å². The average molecular weight is 206 g/mol. The van der Waals surface area contributed by atoms with Crippen LogP contribution in [-0.4, -0.2) is 10.6 Å². The van der Waals surface area contributed by atoms with Crippen LogP contribution in [0.5, 0.6) is 0 Å². The molecule has 10 heavy (non-hydrogen) atoms. The maximum Gasteiger partial charge on any atom is 0.297 e. The van der Waals surface area contributed by atoms with Gasteiger partial charge in [-0.1, -0.05) is 54.6 Å². The van der Waals surface area contributed by atoms with E-state index in [0.29, 0.717) is 6.61 Å². The fraction of sp³-hybridized carbons (Fsp3) is 1.00. The van der Waals surface area contributed by atoms with E-state index in [4.69, 9.17) is 39.5 Å². The topological polar surface area (TPSA) is 9.23 Å². The highest BCUT2D eigenvalue weighted by atomic mass is 35.6. The van der Waals surface area contributed by atoms with Crippen LogP contribution in [0.15, 0.2) is 0 Å². The number of rotatable bonds is 4. The first kappa shape index (κ1) is 10.8. The minimum Gasteiger partial charge on any atom is -0.334 e. The first-order valence-corrected chi connectivity index (χ1v) is 4.40. The first-order valence-electron chi connectivity index (χ1n) is 3.27. The molecule has 0 aliphatic heterocycles. The Morgan fingerprint density at radius 3 is 2.20 bits per heavy atom. The molecule has 62 valence electrons. The molecule has 0 aromatic heterocycles. The van der Waals surface area contributed by atoms with Crippen molar-refractivity contribution in [2.45, 2.75) is 30.2 Å². The van der Waals surface area contributed by atoms with Crippen molar-refractivity contribution in [2.24, 2.45) is 0 Å².